The fourth-order valence-electron chi connectivity index (χ4n) is 1.34. The molecule has 0 radical (unpaired) electrons. The Labute approximate surface area is 110 Å². The topological polar surface area (TPSA) is 45.0 Å². The monoisotopic (exact) mass is 258 g/mol. The van der Waals surface area contributed by atoms with Crippen LogP contribution in [0.2, 0.25) is 5.02 Å². The number of halogens is 1. The van der Waals surface area contributed by atoms with E-state index in [0.29, 0.717) is 10.6 Å². The zero-order chi connectivity index (χ0) is 12.8. The number of aromatic hydroxyl groups is 1. The van der Waals surface area contributed by atoms with Crippen molar-refractivity contribution in [3.8, 4) is 5.75 Å². The van der Waals surface area contributed by atoms with Crippen LogP contribution in [0.4, 0.5) is 0 Å². The van der Waals surface area contributed by atoms with Crippen molar-refractivity contribution in [3.05, 3.63) is 64.7 Å². The summed E-state index contributed by atoms with van der Waals surface area (Å²) in [4.78, 5) is 0. The summed E-state index contributed by atoms with van der Waals surface area (Å²) in [7, 11) is 0. The lowest BCUT2D eigenvalue weighted by Gasteiger charge is -1.94. The summed E-state index contributed by atoms with van der Waals surface area (Å²) in [6.07, 6.45) is 3.12. The maximum Gasteiger partial charge on any atom is 0.124 e. The Bertz CT molecular complexity index is 577. The molecule has 0 unspecified atom stereocenters. The predicted octanol–water partition coefficient (Wildman–Crippen LogP) is 3.50. The van der Waals surface area contributed by atoms with Gasteiger partial charge in [0.15, 0.2) is 0 Å². The molecule has 0 fully saturated rings. The lowest BCUT2D eigenvalue weighted by molar-refractivity contribution is 0.474. The van der Waals surface area contributed by atoms with Crippen LogP contribution in [-0.2, 0) is 0 Å². The van der Waals surface area contributed by atoms with Gasteiger partial charge in [-0.1, -0.05) is 35.9 Å². The van der Waals surface area contributed by atoms with Crippen LogP contribution in [0.3, 0.4) is 0 Å². The number of benzene rings is 2. The molecule has 2 aromatic carbocycles. The largest absolute Gasteiger partial charge is 0.507 e. The molecule has 0 aliphatic rings. The molecule has 0 saturated heterocycles. The average molecular weight is 259 g/mol. The highest BCUT2D eigenvalue weighted by atomic mass is 35.5. The number of rotatable bonds is 3. The fourth-order valence-corrected chi connectivity index (χ4v) is 1.47. The third-order valence-electron chi connectivity index (χ3n) is 2.28. The maximum absolute atomic E-state index is 9.50. The van der Waals surface area contributed by atoms with Crippen LogP contribution in [0.25, 0.3) is 0 Å². The van der Waals surface area contributed by atoms with E-state index in [9.17, 15) is 5.11 Å². The Balaban J connectivity index is 2.03. The van der Waals surface area contributed by atoms with Crippen molar-refractivity contribution in [3.63, 3.8) is 0 Å². The molecule has 0 aliphatic carbocycles. The van der Waals surface area contributed by atoms with Crippen molar-refractivity contribution < 1.29 is 5.11 Å². The van der Waals surface area contributed by atoms with Gasteiger partial charge in [0, 0.05) is 10.6 Å². The van der Waals surface area contributed by atoms with Crippen molar-refractivity contribution in [2.75, 3.05) is 0 Å². The summed E-state index contributed by atoms with van der Waals surface area (Å²) in [5.74, 6) is 0.183. The fraction of sp³-hybridized carbons (Fsp3) is 0. The van der Waals surface area contributed by atoms with Gasteiger partial charge >= 0.3 is 0 Å². The van der Waals surface area contributed by atoms with Gasteiger partial charge in [-0.3, -0.25) is 0 Å². The summed E-state index contributed by atoms with van der Waals surface area (Å²) in [6, 6.07) is 14.2. The average Bonchev–Trinajstić information content (AvgIpc) is 2.39. The maximum atomic E-state index is 9.50. The molecule has 90 valence electrons. The molecule has 0 heterocycles. The lowest BCUT2D eigenvalue weighted by atomic mass is 10.2. The summed E-state index contributed by atoms with van der Waals surface area (Å²) in [6.45, 7) is 0. The van der Waals surface area contributed by atoms with Crippen molar-refractivity contribution >= 4 is 24.0 Å². The smallest absolute Gasteiger partial charge is 0.124 e. The van der Waals surface area contributed by atoms with Gasteiger partial charge in [-0.05, 0) is 29.8 Å². The molecular formula is C14H11ClN2O. The first-order valence-electron chi connectivity index (χ1n) is 5.36. The molecule has 0 atom stereocenters. The molecule has 0 saturated carbocycles. The SMILES string of the molecule is Oc1ccccc1/C=N/N=C/c1ccc(Cl)cc1. The zero-order valence-electron chi connectivity index (χ0n) is 9.49. The van der Waals surface area contributed by atoms with Crippen LogP contribution < -0.4 is 0 Å². The van der Waals surface area contributed by atoms with E-state index < -0.39 is 0 Å². The van der Waals surface area contributed by atoms with E-state index >= 15 is 0 Å². The Kier molecular flexibility index (Phi) is 4.10. The summed E-state index contributed by atoms with van der Waals surface area (Å²) in [5, 5.41) is 18.0. The molecule has 1 N–H and O–H groups in total. The molecule has 0 aliphatic heterocycles. The standard InChI is InChI=1S/C14H11ClN2O/c15-13-7-5-11(6-8-13)9-16-17-10-12-3-1-2-4-14(12)18/h1-10,18H/b16-9+,17-10+. The number of phenolic OH excluding ortho intramolecular Hbond substituents is 1. The molecule has 0 bridgehead atoms. The van der Waals surface area contributed by atoms with Crippen molar-refractivity contribution in [2.45, 2.75) is 0 Å². The Hall–Kier alpha value is -2.13. The van der Waals surface area contributed by atoms with Crippen molar-refractivity contribution in [2.24, 2.45) is 10.2 Å². The van der Waals surface area contributed by atoms with Gasteiger partial charge in [0.1, 0.15) is 5.75 Å². The summed E-state index contributed by atoms with van der Waals surface area (Å²) >= 11 is 5.77. The second kappa shape index (κ2) is 5.98. The number of phenols is 1. The first-order valence-corrected chi connectivity index (χ1v) is 5.73. The second-order valence-corrected chi connectivity index (χ2v) is 4.04. The third-order valence-corrected chi connectivity index (χ3v) is 2.53. The van der Waals surface area contributed by atoms with E-state index in [1.165, 1.54) is 6.21 Å². The first-order chi connectivity index (χ1) is 8.75. The first kappa shape index (κ1) is 12.3. The van der Waals surface area contributed by atoms with Crippen LogP contribution in [0.1, 0.15) is 11.1 Å². The normalized spacial score (nSPS) is 11.4. The van der Waals surface area contributed by atoms with E-state index in [1.54, 1.807) is 36.5 Å². The van der Waals surface area contributed by atoms with Crippen LogP contribution in [0, 0.1) is 0 Å². The second-order valence-electron chi connectivity index (χ2n) is 3.60. The minimum Gasteiger partial charge on any atom is -0.507 e. The van der Waals surface area contributed by atoms with Crippen LogP contribution in [0.15, 0.2) is 58.7 Å². The highest BCUT2D eigenvalue weighted by Gasteiger charge is 1.93. The Morgan fingerprint density at radius 2 is 1.56 bits per heavy atom. The predicted molar refractivity (Wildman–Crippen MR) is 74.7 cm³/mol. The molecule has 2 rings (SSSR count). The Morgan fingerprint density at radius 3 is 2.28 bits per heavy atom. The molecule has 2 aromatic rings. The van der Waals surface area contributed by atoms with Crippen LogP contribution in [0.5, 0.6) is 5.75 Å². The molecule has 0 aromatic heterocycles. The number of para-hydroxylation sites is 1. The molecule has 18 heavy (non-hydrogen) atoms. The van der Waals surface area contributed by atoms with Gasteiger partial charge in [0.2, 0.25) is 0 Å². The van der Waals surface area contributed by atoms with E-state index in [0.717, 1.165) is 5.56 Å². The molecule has 0 amide bonds. The van der Waals surface area contributed by atoms with Crippen molar-refractivity contribution in [1.82, 2.24) is 0 Å². The molecule has 4 heteroatoms. The quantitative estimate of drug-likeness (QED) is 0.665. The third kappa shape index (κ3) is 3.43. The van der Waals surface area contributed by atoms with Gasteiger partial charge in [0.25, 0.3) is 0 Å². The summed E-state index contributed by atoms with van der Waals surface area (Å²) in [5.41, 5.74) is 1.54. The molecular weight excluding hydrogens is 248 g/mol. The lowest BCUT2D eigenvalue weighted by Crippen LogP contribution is -1.81. The van der Waals surface area contributed by atoms with Gasteiger partial charge in [-0.25, -0.2) is 0 Å². The van der Waals surface area contributed by atoms with Crippen LogP contribution >= 0.6 is 11.6 Å². The highest BCUT2D eigenvalue weighted by molar-refractivity contribution is 6.30. The van der Waals surface area contributed by atoms with Gasteiger partial charge in [0.05, 0.1) is 12.4 Å². The highest BCUT2D eigenvalue weighted by Crippen LogP contribution is 2.12. The van der Waals surface area contributed by atoms with Gasteiger partial charge < -0.3 is 5.11 Å². The minimum absolute atomic E-state index is 0.183. The van der Waals surface area contributed by atoms with Crippen molar-refractivity contribution in [1.29, 1.82) is 0 Å². The van der Waals surface area contributed by atoms with E-state index in [2.05, 4.69) is 10.2 Å². The Morgan fingerprint density at radius 1 is 0.889 bits per heavy atom. The van der Waals surface area contributed by atoms with Crippen LogP contribution in [-0.4, -0.2) is 17.5 Å². The number of nitrogens with zero attached hydrogens (tertiary/aromatic N) is 2. The molecule has 0 spiro atoms. The summed E-state index contributed by atoms with van der Waals surface area (Å²) < 4.78 is 0. The minimum atomic E-state index is 0.183. The van der Waals surface area contributed by atoms with E-state index in [-0.39, 0.29) is 5.75 Å². The zero-order valence-corrected chi connectivity index (χ0v) is 10.2. The number of hydrogen-bond donors (Lipinski definition) is 1. The van der Waals surface area contributed by atoms with E-state index in [4.69, 9.17) is 11.6 Å². The van der Waals surface area contributed by atoms with E-state index in [1.807, 2.05) is 18.2 Å². The van der Waals surface area contributed by atoms with Gasteiger partial charge in [-0.15, -0.1) is 0 Å². The van der Waals surface area contributed by atoms with Gasteiger partial charge in [-0.2, -0.15) is 10.2 Å². The molecule has 3 nitrogen and oxygen atoms in total. The number of hydrogen-bond acceptors (Lipinski definition) is 3.